The van der Waals surface area contributed by atoms with Crippen LogP contribution in [0.15, 0.2) is 45.3 Å². The first kappa shape index (κ1) is 18.0. The van der Waals surface area contributed by atoms with Crippen molar-refractivity contribution in [2.75, 3.05) is 6.54 Å². The molecule has 7 nitrogen and oxygen atoms in total. The average molecular weight is 398 g/mol. The Morgan fingerprint density at radius 2 is 1.92 bits per heavy atom. The van der Waals surface area contributed by atoms with Gasteiger partial charge in [-0.2, -0.15) is 0 Å². The highest BCUT2D eigenvalue weighted by atomic mass is 79.9. The molecule has 2 aromatic rings. The SMILES string of the molecule is CC(O)(CNC(=O)c1ccc(COc2ccc(Br)cc2)o1)C(=O)O. The zero-order chi connectivity index (χ0) is 17.7. The molecule has 0 radical (unpaired) electrons. The Kier molecular flexibility index (Phi) is 5.63. The van der Waals surface area contributed by atoms with Crippen LogP contribution in [0.4, 0.5) is 0 Å². The second-order valence-corrected chi connectivity index (χ2v) is 6.19. The van der Waals surface area contributed by atoms with Gasteiger partial charge >= 0.3 is 5.97 Å². The van der Waals surface area contributed by atoms with Gasteiger partial charge in [-0.3, -0.25) is 4.79 Å². The fourth-order valence-electron chi connectivity index (χ4n) is 1.68. The second-order valence-electron chi connectivity index (χ2n) is 5.27. The summed E-state index contributed by atoms with van der Waals surface area (Å²) in [6, 6.07) is 10.3. The van der Waals surface area contributed by atoms with E-state index in [0.717, 1.165) is 11.4 Å². The van der Waals surface area contributed by atoms with Crippen LogP contribution in [-0.4, -0.2) is 34.2 Å². The highest BCUT2D eigenvalue weighted by molar-refractivity contribution is 9.10. The number of hydrogen-bond donors (Lipinski definition) is 3. The molecule has 0 saturated carbocycles. The van der Waals surface area contributed by atoms with Crippen molar-refractivity contribution in [2.24, 2.45) is 0 Å². The highest BCUT2D eigenvalue weighted by Gasteiger charge is 2.30. The Bertz CT molecular complexity index is 722. The molecule has 0 aliphatic rings. The van der Waals surface area contributed by atoms with E-state index >= 15 is 0 Å². The Morgan fingerprint density at radius 1 is 1.25 bits per heavy atom. The number of carbonyl (C=O) groups is 2. The molecule has 1 atom stereocenters. The summed E-state index contributed by atoms with van der Waals surface area (Å²) in [5.41, 5.74) is -2.05. The number of hydrogen-bond acceptors (Lipinski definition) is 5. The quantitative estimate of drug-likeness (QED) is 0.660. The number of carboxylic acids is 1. The van der Waals surface area contributed by atoms with Gasteiger partial charge in [-0.15, -0.1) is 0 Å². The number of ether oxygens (including phenoxy) is 1. The van der Waals surface area contributed by atoms with Gasteiger partial charge in [-0.25, -0.2) is 4.79 Å². The maximum Gasteiger partial charge on any atom is 0.337 e. The van der Waals surface area contributed by atoms with Crippen molar-refractivity contribution >= 4 is 27.8 Å². The summed E-state index contributed by atoms with van der Waals surface area (Å²) in [6.07, 6.45) is 0. The van der Waals surface area contributed by atoms with Gasteiger partial charge in [-0.05, 0) is 43.3 Å². The first-order chi connectivity index (χ1) is 11.3. The summed E-state index contributed by atoms with van der Waals surface area (Å²) in [4.78, 5) is 22.7. The molecule has 1 aromatic heterocycles. The van der Waals surface area contributed by atoms with Crippen LogP contribution in [0.2, 0.25) is 0 Å². The van der Waals surface area contributed by atoms with Crippen LogP contribution in [0.25, 0.3) is 0 Å². The summed E-state index contributed by atoms with van der Waals surface area (Å²) < 4.78 is 11.8. The van der Waals surface area contributed by atoms with Crippen LogP contribution in [-0.2, 0) is 11.4 Å². The number of amides is 1. The zero-order valence-corrected chi connectivity index (χ0v) is 14.4. The smallest absolute Gasteiger partial charge is 0.337 e. The van der Waals surface area contributed by atoms with Crippen molar-refractivity contribution in [1.29, 1.82) is 0 Å². The maximum absolute atomic E-state index is 11.9. The minimum absolute atomic E-state index is 0.00518. The van der Waals surface area contributed by atoms with Crippen LogP contribution in [0.3, 0.4) is 0 Å². The molecule has 1 amide bonds. The van der Waals surface area contributed by atoms with Crippen molar-refractivity contribution in [3.63, 3.8) is 0 Å². The molecule has 3 N–H and O–H groups in total. The third-order valence-electron chi connectivity index (χ3n) is 3.13. The van der Waals surface area contributed by atoms with Crippen molar-refractivity contribution in [3.05, 3.63) is 52.4 Å². The zero-order valence-electron chi connectivity index (χ0n) is 12.8. The summed E-state index contributed by atoms with van der Waals surface area (Å²) in [5.74, 6) is -0.950. The summed E-state index contributed by atoms with van der Waals surface area (Å²) in [5, 5.41) is 20.6. The first-order valence-electron chi connectivity index (χ1n) is 6.99. The molecule has 1 heterocycles. The van der Waals surface area contributed by atoms with Crippen molar-refractivity contribution in [2.45, 2.75) is 19.1 Å². The Balaban J connectivity index is 1.89. The minimum Gasteiger partial charge on any atom is -0.486 e. The monoisotopic (exact) mass is 397 g/mol. The Hall–Kier alpha value is -2.32. The van der Waals surface area contributed by atoms with Gasteiger partial charge in [0.25, 0.3) is 5.91 Å². The Morgan fingerprint density at radius 3 is 2.54 bits per heavy atom. The van der Waals surface area contributed by atoms with Gasteiger partial charge in [0, 0.05) is 4.47 Å². The molecule has 0 bridgehead atoms. The minimum atomic E-state index is -2.05. The molecule has 1 aromatic carbocycles. The van der Waals surface area contributed by atoms with Crippen LogP contribution in [0.1, 0.15) is 23.2 Å². The molecular weight excluding hydrogens is 382 g/mol. The molecule has 0 aliphatic carbocycles. The standard InChI is InChI=1S/C16H16BrNO6/c1-16(22,15(20)21)9-18-14(19)13-7-6-12(24-13)8-23-11-4-2-10(17)3-5-11/h2-7,22H,8-9H2,1H3,(H,18,19)(H,20,21). The van der Waals surface area contributed by atoms with Gasteiger partial charge in [0.1, 0.15) is 18.1 Å². The lowest BCUT2D eigenvalue weighted by atomic mass is 10.1. The summed E-state index contributed by atoms with van der Waals surface area (Å²) >= 11 is 3.33. The van der Waals surface area contributed by atoms with E-state index in [9.17, 15) is 14.7 Å². The molecular formula is C16H16BrNO6. The molecule has 8 heteroatoms. The van der Waals surface area contributed by atoms with E-state index in [-0.39, 0.29) is 12.4 Å². The van der Waals surface area contributed by atoms with E-state index in [2.05, 4.69) is 21.2 Å². The van der Waals surface area contributed by atoms with Gasteiger partial charge in [0.15, 0.2) is 11.4 Å². The number of furan rings is 1. The fourth-order valence-corrected chi connectivity index (χ4v) is 1.94. The maximum atomic E-state index is 11.9. The van der Waals surface area contributed by atoms with Gasteiger partial charge in [0.05, 0.1) is 6.54 Å². The lowest BCUT2D eigenvalue weighted by molar-refractivity contribution is -0.155. The van der Waals surface area contributed by atoms with Crippen LogP contribution >= 0.6 is 15.9 Å². The predicted octanol–water partition coefficient (Wildman–Crippen LogP) is 2.19. The van der Waals surface area contributed by atoms with Crippen molar-refractivity contribution < 1.29 is 29.0 Å². The van der Waals surface area contributed by atoms with E-state index in [0.29, 0.717) is 11.5 Å². The number of aliphatic hydroxyl groups is 1. The summed E-state index contributed by atoms with van der Waals surface area (Å²) in [7, 11) is 0. The van der Waals surface area contributed by atoms with Crippen molar-refractivity contribution in [3.8, 4) is 5.75 Å². The van der Waals surface area contributed by atoms with E-state index < -0.39 is 24.0 Å². The number of halogens is 1. The molecule has 128 valence electrons. The average Bonchev–Trinajstić information content (AvgIpc) is 3.01. The second kappa shape index (κ2) is 7.50. The third kappa shape index (κ3) is 4.84. The molecule has 0 aliphatic heterocycles. The van der Waals surface area contributed by atoms with Gasteiger partial charge in [0.2, 0.25) is 0 Å². The largest absolute Gasteiger partial charge is 0.486 e. The lowest BCUT2D eigenvalue weighted by Gasteiger charge is -2.17. The van der Waals surface area contributed by atoms with E-state index in [1.165, 1.54) is 6.07 Å². The number of rotatable bonds is 7. The molecule has 1 unspecified atom stereocenters. The van der Waals surface area contributed by atoms with E-state index in [1.807, 2.05) is 12.1 Å². The lowest BCUT2D eigenvalue weighted by Crippen LogP contribution is -2.46. The highest BCUT2D eigenvalue weighted by Crippen LogP contribution is 2.18. The molecule has 0 spiro atoms. The van der Waals surface area contributed by atoms with Gasteiger partial charge < -0.3 is 24.7 Å². The molecule has 0 fully saturated rings. The summed E-state index contributed by atoms with van der Waals surface area (Å²) in [6.45, 7) is 0.795. The molecule has 24 heavy (non-hydrogen) atoms. The fraction of sp³-hybridized carbons (Fsp3) is 0.250. The normalized spacial score (nSPS) is 13.1. The number of benzene rings is 1. The van der Waals surface area contributed by atoms with Crippen LogP contribution < -0.4 is 10.1 Å². The Labute approximate surface area is 146 Å². The van der Waals surface area contributed by atoms with E-state index in [1.54, 1.807) is 18.2 Å². The number of nitrogens with one attached hydrogen (secondary N) is 1. The van der Waals surface area contributed by atoms with Crippen LogP contribution in [0, 0.1) is 0 Å². The molecule has 0 saturated heterocycles. The first-order valence-corrected chi connectivity index (χ1v) is 7.78. The number of aliphatic carboxylic acids is 1. The van der Waals surface area contributed by atoms with Crippen molar-refractivity contribution in [1.82, 2.24) is 5.32 Å². The van der Waals surface area contributed by atoms with E-state index in [4.69, 9.17) is 14.3 Å². The molecule has 2 rings (SSSR count). The third-order valence-corrected chi connectivity index (χ3v) is 3.66. The topological polar surface area (TPSA) is 109 Å². The van der Waals surface area contributed by atoms with Gasteiger partial charge in [-0.1, -0.05) is 15.9 Å². The number of carbonyl (C=O) groups excluding carboxylic acids is 1. The van der Waals surface area contributed by atoms with Crippen LogP contribution in [0.5, 0.6) is 5.75 Å². The predicted molar refractivity (Wildman–Crippen MR) is 87.8 cm³/mol. The number of carboxylic acid groups (broad SMARTS) is 1.